The second-order valence-electron chi connectivity index (χ2n) is 3.46. The highest BCUT2D eigenvalue weighted by molar-refractivity contribution is 5.77. The minimum Gasteiger partial charge on any atom is -0.255 e. The van der Waals surface area contributed by atoms with Crippen LogP contribution in [0.5, 0.6) is 0 Å². The van der Waals surface area contributed by atoms with E-state index in [1.165, 1.54) is 0 Å². The monoisotopic (exact) mass is 267 g/mol. The van der Waals surface area contributed by atoms with Crippen LogP contribution in [0.1, 0.15) is 27.7 Å². The van der Waals surface area contributed by atoms with Crippen LogP contribution in [0, 0.1) is 0 Å². The molecule has 0 aliphatic rings. The van der Waals surface area contributed by atoms with E-state index in [0.717, 1.165) is 22.4 Å². The van der Waals surface area contributed by atoms with E-state index in [4.69, 9.17) is 0 Å². The molecule has 20 heavy (non-hydrogen) atoms. The molecular weight excluding hydrogens is 246 g/mol. The molecule has 3 heterocycles. The van der Waals surface area contributed by atoms with Crippen LogP contribution in [-0.4, -0.2) is 15.0 Å². The van der Waals surface area contributed by atoms with Crippen molar-refractivity contribution in [2.75, 3.05) is 0 Å². The fourth-order valence-electron chi connectivity index (χ4n) is 1.61. The van der Waals surface area contributed by atoms with Gasteiger partial charge in [-0.15, -0.1) is 0 Å². The second-order valence-corrected chi connectivity index (χ2v) is 3.46. The van der Waals surface area contributed by atoms with Crippen LogP contribution >= 0.6 is 0 Å². The molecule has 3 aromatic rings. The normalized spacial score (nSPS) is 9.00. The van der Waals surface area contributed by atoms with Gasteiger partial charge in [0.1, 0.15) is 0 Å². The highest BCUT2D eigenvalue weighted by Gasteiger charge is 2.01. The Balaban J connectivity index is 0.000000461. The van der Waals surface area contributed by atoms with Gasteiger partial charge in [-0.25, -0.2) is 9.97 Å². The highest BCUT2D eigenvalue weighted by atomic mass is 14.9. The zero-order valence-corrected chi connectivity index (χ0v) is 12.5. The third-order valence-electron chi connectivity index (χ3n) is 2.39. The summed E-state index contributed by atoms with van der Waals surface area (Å²) in [6, 6.07) is 13.7. The lowest BCUT2D eigenvalue weighted by Gasteiger charge is -2.00. The van der Waals surface area contributed by atoms with Gasteiger partial charge in [-0.2, -0.15) is 0 Å². The first-order valence-corrected chi connectivity index (χ1v) is 7.07. The fraction of sp³-hybridized carbons (Fsp3) is 0.235. The summed E-state index contributed by atoms with van der Waals surface area (Å²) in [6.07, 6.45) is 3.51. The van der Waals surface area contributed by atoms with Gasteiger partial charge in [-0.1, -0.05) is 33.8 Å². The number of aromatic nitrogens is 3. The molecule has 0 N–H and O–H groups in total. The molecule has 0 aliphatic carbocycles. The largest absolute Gasteiger partial charge is 0.255 e. The first kappa shape index (κ1) is 15.8. The van der Waals surface area contributed by atoms with Crippen molar-refractivity contribution in [2.24, 2.45) is 0 Å². The highest BCUT2D eigenvalue weighted by Crippen LogP contribution is 2.17. The average molecular weight is 267 g/mol. The van der Waals surface area contributed by atoms with Crippen molar-refractivity contribution in [3.05, 3.63) is 54.9 Å². The van der Waals surface area contributed by atoms with Crippen molar-refractivity contribution < 1.29 is 0 Å². The van der Waals surface area contributed by atoms with Crippen molar-refractivity contribution in [1.29, 1.82) is 0 Å². The zero-order valence-electron chi connectivity index (χ0n) is 12.5. The molecule has 0 unspecified atom stereocenters. The Morgan fingerprint density at radius 1 is 0.650 bits per heavy atom. The van der Waals surface area contributed by atoms with Crippen molar-refractivity contribution in [3.63, 3.8) is 0 Å². The summed E-state index contributed by atoms with van der Waals surface area (Å²) in [4.78, 5) is 13.0. The number of hydrogen-bond acceptors (Lipinski definition) is 3. The Labute approximate surface area is 120 Å². The topological polar surface area (TPSA) is 38.7 Å². The number of pyridine rings is 3. The van der Waals surface area contributed by atoms with E-state index in [-0.39, 0.29) is 0 Å². The quantitative estimate of drug-likeness (QED) is 0.639. The molecule has 0 spiro atoms. The Bertz CT molecular complexity index is 621. The first-order chi connectivity index (χ1) is 9.93. The summed E-state index contributed by atoms with van der Waals surface area (Å²) >= 11 is 0. The van der Waals surface area contributed by atoms with Crippen LogP contribution in [0.4, 0.5) is 0 Å². The predicted octanol–water partition coefficient (Wildman–Crippen LogP) is 4.74. The van der Waals surface area contributed by atoms with E-state index in [0.29, 0.717) is 0 Å². The van der Waals surface area contributed by atoms with Crippen LogP contribution < -0.4 is 0 Å². The summed E-state index contributed by atoms with van der Waals surface area (Å²) < 4.78 is 0. The van der Waals surface area contributed by atoms with Gasteiger partial charge >= 0.3 is 0 Å². The maximum atomic E-state index is 4.47. The van der Waals surface area contributed by atoms with Gasteiger partial charge in [-0.3, -0.25) is 4.98 Å². The Morgan fingerprint density at radius 2 is 1.40 bits per heavy atom. The minimum absolute atomic E-state index is 0.755. The lowest BCUT2D eigenvalue weighted by molar-refractivity contribution is 1.24. The summed E-state index contributed by atoms with van der Waals surface area (Å²) in [5.41, 5.74) is 2.48. The maximum Gasteiger partial charge on any atom is 0.159 e. The molecule has 0 radical (unpaired) electrons. The van der Waals surface area contributed by atoms with Gasteiger partial charge in [-0.05, 0) is 36.4 Å². The number of hydrogen-bond donors (Lipinski definition) is 0. The summed E-state index contributed by atoms with van der Waals surface area (Å²) in [5.74, 6) is 0. The minimum atomic E-state index is 0.755. The van der Waals surface area contributed by atoms with Crippen LogP contribution in [-0.2, 0) is 0 Å². The third-order valence-corrected chi connectivity index (χ3v) is 2.39. The van der Waals surface area contributed by atoms with E-state index >= 15 is 0 Å². The lowest BCUT2D eigenvalue weighted by atomic mass is 10.2. The zero-order chi connectivity index (χ0) is 14.8. The van der Waals surface area contributed by atoms with E-state index in [1.807, 2.05) is 70.2 Å². The second kappa shape index (κ2) is 8.75. The molecule has 3 aromatic heterocycles. The molecule has 0 fully saturated rings. The SMILES string of the molecule is CC.CC.c1ccc(-c2ccc3cccnc3n2)nc1. The molecule has 0 atom stereocenters. The van der Waals surface area contributed by atoms with Crippen molar-refractivity contribution in [1.82, 2.24) is 15.0 Å². The van der Waals surface area contributed by atoms with Gasteiger partial charge < -0.3 is 0 Å². The molecule has 0 amide bonds. The third kappa shape index (κ3) is 3.85. The average Bonchev–Trinajstić information content (AvgIpc) is 2.59. The molecule has 3 heteroatoms. The first-order valence-electron chi connectivity index (χ1n) is 7.07. The molecule has 0 aliphatic heterocycles. The molecule has 3 nitrogen and oxygen atoms in total. The van der Waals surface area contributed by atoms with Crippen molar-refractivity contribution in [3.8, 4) is 11.4 Å². The Hall–Kier alpha value is -2.29. The summed E-state index contributed by atoms with van der Waals surface area (Å²) in [6.45, 7) is 8.00. The number of fused-ring (bicyclic) bond motifs is 1. The predicted molar refractivity (Wildman–Crippen MR) is 85.5 cm³/mol. The van der Waals surface area contributed by atoms with E-state index in [2.05, 4.69) is 15.0 Å². The van der Waals surface area contributed by atoms with Gasteiger partial charge in [0.25, 0.3) is 0 Å². The van der Waals surface area contributed by atoms with Gasteiger partial charge in [0.05, 0.1) is 11.4 Å². The van der Waals surface area contributed by atoms with Gasteiger partial charge in [0.15, 0.2) is 5.65 Å². The van der Waals surface area contributed by atoms with Crippen LogP contribution in [0.2, 0.25) is 0 Å². The number of nitrogens with zero attached hydrogens (tertiary/aromatic N) is 3. The van der Waals surface area contributed by atoms with Gasteiger partial charge in [0, 0.05) is 17.8 Å². The number of rotatable bonds is 1. The maximum absolute atomic E-state index is 4.47. The summed E-state index contributed by atoms with van der Waals surface area (Å²) in [5, 5.41) is 1.04. The summed E-state index contributed by atoms with van der Waals surface area (Å²) in [7, 11) is 0. The van der Waals surface area contributed by atoms with E-state index in [9.17, 15) is 0 Å². The van der Waals surface area contributed by atoms with E-state index < -0.39 is 0 Å². The Kier molecular flexibility index (Phi) is 6.90. The fourth-order valence-corrected chi connectivity index (χ4v) is 1.61. The Morgan fingerprint density at radius 3 is 2.10 bits per heavy atom. The van der Waals surface area contributed by atoms with Gasteiger partial charge in [0.2, 0.25) is 0 Å². The molecular formula is C17H21N3. The molecule has 0 bridgehead atoms. The van der Waals surface area contributed by atoms with Crippen LogP contribution in [0.3, 0.4) is 0 Å². The molecule has 3 rings (SSSR count). The van der Waals surface area contributed by atoms with Crippen molar-refractivity contribution >= 4 is 11.0 Å². The molecule has 104 valence electrons. The molecule has 0 aromatic carbocycles. The van der Waals surface area contributed by atoms with Crippen LogP contribution in [0.15, 0.2) is 54.9 Å². The molecule has 0 saturated carbocycles. The lowest BCUT2D eigenvalue weighted by Crippen LogP contribution is -1.88. The van der Waals surface area contributed by atoms with E-state index in [1.54, 1.807) is 12.4 Å². The van der Waals surface area contributed by atoms with Crippen molar-refractivity contribution in [2.45, 2.75) is 27.7 Å². The smallest absolute Gasteiger partial charge is 0.159 e. The van der Waals surface area contributed by atoms with Crippen LogP contribution in [0.25, 0.3) is 22.4 Å². The molecule has 0 saturated heterocycles. The standard InChI is InChI=1S/C13H9N3.2C2H6/c1-2-8-14-11(5-1)12-7-6-10-4-3-9-15-13(10)16-12;2*1-2/h1-9H;2*1-2H3.